The highest BCUT2D eigenvalue weighted by molar-refractivity contribution is 7.90. The molecule has 1 heterocycles. The number of hydrogen-bond acceptors (Lipinski definition) is 4. The van der Waals surface area contributed by atoms with Gasteiger partial charge in [0.05, 0.1) is 10.8 Å². The minimum Gasteiger partial charge on any atom is -0.310 e. The topological polar surface area (TPSA) is 59.1 Å². The Hall–Kier alpha value is -0.650. The second-order valence-electron chi connectivity index (χ2n) is 4.32. The lowest BCUT2D eigenvalue weighted by atomic mass is 10.1. The van der Waals surface area contributed by atoms with Gasteiger partial charge in [-0.2, -0.15) is 0 Å². The predicted molar refractivity (Wildman–Crippen MR) is 74.6 cm³/mol. The zero-order valence-electron chi connectivity index (χ0n) is 10.7. The van der Waals surface area contributed by atoms with Crippen LogP contribution in [0.2, 0.25) is 5.02 Å². The molecule has 0 aliphatic carbocycles. The van der Waals surface area contributed by atoms with Crippen molar-refractivity contribution in [1.82, 2.24) is 10.3 Å². The monoisotopic (exact) mass is 290 g/mol. The summed E-state index contributed by atoms with van der Waals surface area (Å²) in [5.74, 6) is 0.146. The summed E-state index contributed by atoms with van der Waals surface area (Å²) in [4.78, 5) is 3.94. The van der Waals surface area contributed by atoms with Crippen molar-refractivity contribution in [2.75, 3.05) is 18.6 Å². The average molecular weight is 291 g/mol. The van der Waals surface area contributed by atoms with Crippen molar-refractivity contribution in [3.8, 4) is 0 Å². The van der Waals surface area contributed by atoms with Crippen molar-refractivity contribution >= 4 is 21.4 Å². The standard InChI is InChI=1S/C12H19ClN2O2S/c1-3-6-15-12(5-8-18(2,16)17)10-4-7-14-9-11(10)13/h4,7,9,12,15H,3,5-6,8H2,1-2H3. The van der Waals surface area contributed by atoms with Crippen LogP contribution >= 0.6 is 11.6 Å². The van der Waals surface area contributed by atoms with Gasteiger partial charge in [-0.15, -0.1) is 0 Å². The fraction of sp³-hybridized carbons (Fsp3) is 0.583. The molecule has 0 spiro atoms. The molecule has 1 atom stereocenters. The second-order valence-corrected chi connectivity index (χ2v) is 6.99. The first-order chi connectivity index (χ1) is 8.44. The molecule has 1 unspecified atom stereocenters. The lowest BCUT2D eigenvalue weighted by molar-refractivity contribution is 0.513. The number of hydrogen-bond donors (Lipinski definition) is 1. The largest absolute Gasteiger partial charge is 0.310 e. The number of rotatable bonds is 7. The van der Waals surface area contributed by atoms with Crippen molar-refractivity contribution in [2.45, 2.75) is 25.8 Å². The molecule has 0 radical (unpaired) electrons. The molecule has 18 heavy (non-hydrogen) atoms. The fourth-order valence-electron chi connectivity index (χ4n) is 1.69. The van der Waals surface area contributed by atoms with Crippen molar-refractivity contribution in [3.05, 3.63) is 29.0 Å². The summed E-state index contributed by atoms with van der Waals surface area (Å²) in [5, 5.41) is 3.89. The van der Waals surface area contributed by atoms with E-state index in [4.69, 9.17) is 11.6 Å². The second kappa shape index (κ2) is 7.07. The van der Waals surface area contributed by atoms with Gasteiger partial charge in [-0.05, 0) is 31.0 Å². The first-order valence-corrected chi connectivity index (χ1v) is 8.38. The van der Waals surface area contributed by atoms with E-state index in [1.165, 1.54) is 6.26 Å². The molecule has 1 rings (SSSR count). The molecule has 0 saturated carbocycles. The maximum Gasteiger partial charge on any atom is 0.147 e. The van der Waals surface area contributed by atoms with Crippen LogP contribution in [0.25, 0.3) is 0 Å². The summed E-state index contributed by atoms with van der Waals surface area (Å²) < 4.78 is 22.5. The van der Waals surface area contributed by atoms with Crippen molar-refractivity contribution in [3.63, 3.8) is 0 Å². The van der Waals surface area contributed by atoms with E-state index < -0.39 is 9.84 Å². The van der Waals surface area contributed by atoms with Crippen LogP contribution in [0.5, 0.6) is 0 Å². The number of pyridine rings is 1. The Labute approximate surface area is 114 Å². The molecule has 0 amide bonds. The van der Waals surface area contributed by atoms with Gasteiger partial charge in [0.1, 0.15) is 9.84 Å². The first-order valence-electron chi connectivity index (χ1n) is 5.94. The van der Waals surface area contributed by atoms with Crippen LogP contribution in [0, 0.1) is 0 Å². The third kappa shape index (κ3) is 5.33. The lowest BCUT2D eigenvalue weighted by Crippen LogP contribution is -2.24. The van der Waals surface area contributed by atoms with Gasteiger partial charge in [-0.3, -0.25) is 4.98 Å². The van der Waals surface area contributed by atoms with E-state index in [1.54, 1.807) is 12.4 Å². The Bertz CT molecular complexity index is 477. The molecule has 0 aliphatic heterocycles. The predicted octanol–water partition coefficient (Wildman–Crippen LogP) is 2.21. The molecule has 0 saturated heterocycles. The van der Waals surface area contributed by atoms with Gasteiger partial charge < -0.3 is 5.32 Å². The van der Waals surface area contributed by atoms with Crippen LogP contribution in [0.15, 0.2) is 18.5 Å². The van der Waals surface area contributed by atoms with Gasteiger partial charge in [-0.1, -0.05) is 18.5 Å². The fourth-order valence-corrected chi connectivity index (χ4v) is 2.60. The Morgan fingerprint density at radius 3 is 2.78 bits per heavy atom. The normalized spacial score (nSPS) is 13.5. The minimum atomic E-state index is -2.96. The van der Waals surface area contributed by atoms with Crippen LogP contribution in [0.4, 0.5) is 0 Å². The van der Waals surface area contributed by atoms with E-state index in [1.807, 2.05) is 6.07 Å². The number of halogens is 1. The van der Waals surface area contributed by atoms with E-state index in [0.717, 1.165) is 18.5 Å². The molecule has 1 aromatic heterocycles. The van der Waals surface area contributed by atoms with E-state index >= 15 is 0 Å². The number of aromatic nitrogens is 1. The summed E-state index contributed by atoms with van der Waals surface area (Å²) >= 11 is 6.10. The number of sulfone groups is 1. The quantitative estimate of drug-likeness (QED) is 0.836. The van der Waals surface area contributed by atoms with Crippen LogP contribution in [-0.4, -0.2) is 32.0 Å². The smallest absolute Gasteiger partial charge is 0.147 e. The summed E-state index contributed by atoms with van der Waals surface area (Å²) in [6, 6.07) is 1.79. The van der Waals surface area contributed by atoms with Gasteiger partial charge in [0.15, 0.2) is 0 Å². The molecule has 1 aromatic rings. The minimum absolute atomic E-state index is 0.0461. The van der Waals surface area contributed by atoms with Gasteiger partial charge in [0.2, 0.25) is 0 Å². The zero-order valence-corrected chi connectivity index (χ0v) is 12.3. The molecule has 1 N–H and O–H groups in total. The molecular weight excluding hydrogens is 272 g/mol. The molecule has 0 fully saturated rings. The summed E-state index contributed by atoms with van der Waals surface area (Å²) in [7, 11) is -2.96. The van der Waals surface area contributed by atoms with Crippen LogP contribution in [0.3, 0.4) is 0 Å². The van der Waals surface area contributed by atoms with Crippen molar-refractivity contribution in [2.24, 2.45) is 0 Å². The molecule has 0 bridgehead atoms. The summed E-state index contributed by atoms with van der Waals surface area (Å²) in [6.45, 7) is 2.89. The van der Waals surface area contributed by atoms with E-state index in [0.29, 0.717) is 11.4 Å². The molecule has 102 valence electrons. The average Bonchev–Trinajstić information content (AvgIpc) is 2.29. The van der Waals surface area contributed by atoms with Gasteiger partial charge in [0.25, 0.3) is 0 Å². The Morgan fingerprint density at radius 2 is 2.22 bits per heavy atom. The maximum atomic E-state index is 11.3. The third-order valence-corrected chi connectivity index (χ3v) is 3.89. The van der Waals surface area contributed by atoms with Gasteiger partial charge >= 0.3 is 0 Å². The molecular formula is C12H19ClN2O2S. The van der Waals surface area contributed by atoms with Crippen LogP contribution in [0.1, 0.15) is 31.4 Å². The molecule has 6 heteroatoms. The van der Waals surface area contributed by atoms with Gasteiger partial charge in [0, 0.05) is 24.7 Å². The van der Waals surface area contributed by atoms with E-state index in [9.17, 15) is 8.42 Å². The third-order valence-electron chi connectivity index (χ3n) is 2.60. The van der Waals surface area contributed by atoms with Crippen LogP contribution in [-0.2, 0) is 9.84 Å². The first kappa shape index (κ1) is 15.4. The highest BCUT2D eigenvalue weighted by Gasteiger charge is 2.16. The zero-order chi connectivity index (χ0) is 13.6. The van der Waals surface area contributed by atoms with Crippen LogP contribution < -0.4 is 5.32 Å². The Kier molecular flexibility index (Phi) is 6.05. The highest BCUT2D eigenvalue weighted by atomic mass is 35.5. The Morgan fingerprint density at radius 1 is 1.50 bits per heavy atom. The number of nitrogens with one attached hydrogen (secondary N) is 1. The molecule has 4 nitrogen and oxygen atoms in total. The van der Waals surface area contributed by atoms with Crippen molar-refractivity contribution in [1.29, 1.82) is 0 Å². The molecule has 0 aliphatic rings. The highest BCUT2D eigenvalue weighted by Crippen LogP contribution is 2.24. The SMILES string of the molecule is CCCNC(CCS(C)(=O)=O)c1ccncc1Cl. The van der Waals surface area contributed by atoms with E-state index in [2.05, 4.69) is 17.2 Å². The maximum absolute atomic E-state index is 11.3. The van der Waals surface area contributed by atoms with Crippen molar-refractivity contribution < 1.29 is 8.42 Å². The Balaban J connectivity index is 2.81. The molecule has 0 aromatic carbocycles. The summed E-state index contributed by atoms with van der Waals surface area (Å²) in [5.41, 5.74) is 0.906. The summed E-state index contributed by atoms with van der Waals surface area (Å²) in [6.07, 6.45) is 6.00. The lowest BCUT2D eigenvalue weighted by Gasteiger charge is -2.19. The number of nitrogens with zero attached hydrogens (tertiary/aromatic N) is 1. The van der Waals surface area contributed by atoms with Gasteiger partial charge in [-0.25, -0.2) is 8.42 Å². The van der Waals surface area contributed by atoms with E-state index in [-0.39, 0.29) is 11.8 Å².